The summed E-state index contributed by atoms with van der Waals surface area (Å²) >= 11 is 5.33. The van der Waals surface area contributed by atoms with Crippen molar-refractivity contribution in [2.75, 3.05) is 10.6 Å². The average Bonchev–Trinajstić information content (AvgIpc) is 2.18. The Morgan fingerprint density at radius 1 is 1.00 bits per heavy atom. The van der Waals surface area contributed by atoms with Crippen LogP contribution in [0, 0.1) is 0 Å². The van der Waals surface area contributed by atoms with Crippen molar-refractivity contribution in [1.82, 2.24) is 0 Å². The molecule has 0 heterocycles. The molecule has 17 heavy (non-hydrogen) atoms. The molecule has 0 atom stereocenters. The Balaban J connectivity index is 3.15. The van der Waals surface area contributed by atoms with Gasteiger partial charge in [0, 0.05) is 19.4 Å². The quantitative estimate of drug-likeness (QED) is 0.810. The molecule has 2 amide bonds. The van der Waals surface area contributed by atoms with Gasteiger partial charge in [0.2, 0.25) is 11.8 Å². The van der Waals surface area contributed by atoms with Crippen molar-refractivity contribution in [2.45, 2.75) is 13.8 Å². The number of halogens is 1. The highest BCUT2D eigenvalue weighted by atomic mass is 35.5. The number of hydrogen-bond acceptors (Lipinski definition) is 3. The smallest absolute Gasteiger partial charge is 0.252 e. The molecule has 5 nitrogen and oxygen atoms in total. The number of carbonyl (C=O) groups is 3. The van der Waals surface area contributed by atoms with E-state index < -0.39 is 5.24 Å². The van der Waals surface area contributed by atoms with Crippen molar-refractivity contribution in [1.29, 1.82) is 0 Å². The van der Waals surface area contributed by atoms with Crippen molar-refractivity contribution in [2.24, 2.45) is 0 Å². The molecular weight excluding hydrogens is 244 g/mol. The van der Waals surface area contributed by atoms with Crippen molar-refractivity contribution < 1.29 is 14.4 Å². The first-order valence-electron chi connectivity index (χ1n) is 4.79. The van der Waals surface area contributed by atoms with E-state index in [9.17, 15) is 14.4 Å². The van der Waals surface area contributed by atoms with Gasteiger partial charge in [-0.1, -0.05) is 0 Å². The van der Waals surface area contributed by atoms with Crippen LogP contribution in [0.25, 0.3) is 0 Å². The molecule has 90 valence electrons. The lowest BCUT2D eigenvalue weighted by molar-refractivity contribution is -0.115. The molecule has 1 aromatic rings. The van der Waals surface area contributed by atoms with Crippen molar-refractivity contribution >= 4 is 40.0 Å². The molecule has 0 aliphatic heterocycles. The zero-order valence-electron chi connectivity index (χ0n) is 9.33. The Kier molecular flexibility index (Phi) is 4.23. The zero-order chi connectivity index (χ0) is 13.0. The van der Waals surface area contributed by atoms with Crippen molar-refractivity contribution in [3.05, 3.63) is 23.8 Å². The first-order valence-corrected chi connectivity index (χ1v) is 5.17. The van der Waals surface area contributed by atoms with Crippen LogP contribution in [0.3, 0.4) is 0 Å². The maximum absolute atomic E-state index is 11.0. The fourth-order valence-corrected chi connectivity index (χ4v) is 1.38. The first kappa shape index (κ1) is 13.2. The number of amides is 2. The number of carbonyl (C=O) groups excluding carboxylic acids is 3. The first-order chi connectivity index (χ1) is 7.90. The van der Waals surface area contributed by atoms with Gasteiger partial charge < -0.3 is 10.6 Å². The van der Waals surface area contributed by atoms with Gasteiger partial charge in [0.05, 0.1) is 11.4 Å². The van der Waals surface area contributed by atoms with E-state index in [0.717, 1.165) is 0 Å². The lowest BCUT2D eigenvalue weighted by atomic mass is 10.2. The third kappa shape index (κ3) is 3.88. The molecule has 0 aliphatic rings. The van der Waals surface area contributed by atoms with Crippen LogP contribution in [-0.4, -0.2) is 17.1 Å². The van der Waals surface area contributed by atoms with Crippen LogP contribution in [0.2, 0.25) is 0 Å². The van der Waals surface area contributed by atoms with Crippen LogP contribution in [0.1, 0.15) is 24.2 Å². The Labute approximate surface area is 103 Å². The second kappa shape index (κ2) is 5.45. The highest BCUT2D eigenvalue weighted by Crippen LogP contribution is 2.24. The van der Waals surface area contributed by atoms with E-state index in [1.807, 2.05) is 0 Å². The Morgan fingerprint density at radius 3 is 2.00 bits per heavy atom. The minimum absolute atomic E-state index is 0.240. The summed E-state index contributed by atoms with van der Waals surface area (Å²) in [6, 6.07) is 4.37. The van der Waals surface area contributed by atoms with Gasteiger partial charge in [0.15, 0.2) is 0 Å². The zero-order valence-corrected chi connectivity index (χ0v) is 10.1. The molecule has 0 spiro atoms. The second-order valence-corrected chi connectivity index (χ2v) is 3.74. The molecule has 0 fully saturated rings. The van der Waals surface area contributed by atoms with E-state index in [4.69, 9.17) is 11.6 Å². The molecule has 0 aromatic heterocycles. The SMILES string of the molecule is CC(=O)Nc1ccc(C(=O)Cl)cc1NC(C)=O. The Bertz CT molecular complexity index is 486. The normalized spacial score (nSPS) is 9.59. The maximum Gasteiger partial charge on any atom is 0.252 e. The standard InChI is InChI=1S/C11H11ClN2O3/c1-6(15)13-9-4-3-8(11(12)17)5-10(9)14-7(2)16/h3-5H,1-2H3,(H,13,15)(H,14,16). The van der Waals surface area contributed by atoms with Crippen LogP contribution in [-0.2, 0) is 9.59 Å². The molecule has 0 bridgehead atoms. The molecular formula is C11H11ClN2O3. The molecule has 0 radical (unpaired) electrons. The molecule has 0 saturated carbocycles. The predicted octanol–water partition coefficient (Wildman–Crippen LogP) is 1.98. The number of anilines is 2. The summed E-state index contributed by atoms with van der Waals surface area (Å²) < 4.78 is 0. The number of nitrogens with one attached hydrogen (secondary N) is 2. The van der Waals surface area contributed by atoms with E-state index in [1.54, 1.807) is 0 Å². The third-order valence-electron chi connectivity index (χ3n) is 1.87. The largest absolute Gasteiger partial charge is 0.325 e. The molecule has 0 unspecified atom stereocenters. The predicted molar refractivity (Wildman–Crippen MR) is 65.2 cm³/mol. The van der Waals surface area contributed by atoms with E-state index in [1.165, 1.54) is 32.0 Å². The fraction of sp³-hybridized carbons (Fsp3) is 0.182. The van der Waals surface area contributed by atoms with Gasteiger partial charge in [-0.25, -0.2) is 0 Å². The van der Waals surface area contributed by atoms with Crippen LogP contribution in [0.4, 0.5) is 11.4 Å². The van der Waals surface area contributed by atoms with E-state index in [2.05, 4.69) is 10.6 Å². The van der Waals surface area contributed by atoms with Crippen LogP contribution < -0.4 is 10.6 Å². The van der Waals surface area contributed by atoms with E-state index in [0.29, 0.717) is 11.4 Å². The summed E-state index contributed by atoms with van der Waals surface area (Å²) in [5.41, 5.74) is 0.984. The minimum atomic E-state index is -0.633. The summed E-state index contributed by atoms with van der Waals surface area (Å²) in [6.45, 7) is 2.67. The number of benzene rings is 1. The van der Waals surface area contributed by atoms with Crippen LogP contribution in [0.15, 0.2) is 18.2 Å². The summed E-state index contributed by atoms with van der Waals surface area (Å²) in [5, 5.41) is 4.41. The maximum atomic E-state index is 11.0. The van der Waals surface area contributed by atoms with E-state index in [-0.39, 0.29) is 17.4 Å². The second-order valence-electron chi connectivity index (χ2n) is 3.40. The number of rotatable bonds is 3. The molecule has 1 rings (SSSR count). The Morgan fingerprint density at radius 2 is 1.53 bits per heavy atom. The molecule has 2 N–H and O–H groups in total. The van der Waals surface area contributed by atoms with Crippen molar-refractivity contribution in [3.8, 4) is 0 Å². The van der Waals surface area contributed by atoms with Crippen LogP contribution >= 0.6 is 11.6 Å². The summed E-state index contributed by atoms with van der Waals surface area (Å²) in [7, 11) is 0. The summed E-state index contributed by atoms with van der Waals surface area (Å²) in [4.78, 5) is 32.9. The van der Waals surface area contributed by atoms with Gasteiger partial charge in [-0.05, 0) is 29.8 Å². The van der Waals surface area contributed by atoms with Crippen LogP contribution in [0.5, 0.6) is 0 Å². The topological polar surface area (TPSA) is 75.3 Å². The van der Waals surface area contributed by atoms with Gasteiger partial charge in [0.1, 0.15) is 0 Å². The summed E-state index contributed by atoms with van der Waals surface area (Å²) in [5.74, 6) is -0.586. The highest BCUT2D eigenvalue weighted by Gasteiger charge is 2.09. The van der Waals surface area contributed by atoms with Gasteiger partial charge in [-0.3, -0.25) is 14.4 Å². The van der Waals surface area contributed by atoms with E-state index >= 15 is 0 Å². The molecule has 0 saturated heterocycles. The fourth-order valence-electron chi connectivity index (χ4n) is 1.26. The summed E-state index contributed by atoms with van der Waals surface area (Å²) in [6.07, 6.45) is 0. The van der Waals surface area contributed by atoms with Crippen molar-refractivity contribution in [3.63, 3.8) is 0 Å². The average molecular weight is 255 g/mol. The van der Waals surface area contributed by atoms with Gasteiger partial charge in [0.25, 0.3) is 5.24 Å². The van der Waals surface area contributed by atoms with Gasteiger partial charge >= 0.3 is 0 Å². The number of hydrogen-bond donors (Lipinski definition) is 2. The van der Waals surface area contributed by atoms with Gasteiger partial charge in [-0.2, -0.15) is 0 Å². The third-order valence-corrected chi connectivity index (χ3v) is 2.09. The Hall–Kier alpha value is -1.88. The molecule has 1 aromatic carbocycles. The van der Waals surface area contributed by atoms with Gasteiger partial charge in [-0.15, -0.1) is 0 Å². The highest BCUT2D eigenvalue weighted by molar-refractivity contribution is 6.67. The molecule has 6 heteroatoms. The minimum Gasteiger partial charge on any atom is -0.325 e. The molecule has 0 aliphatic carbocycles. The monoisotopic (exact) mass is 254 g/mol. The lowest BCUT2D eigenvalue weighted by Gasteiger charge is -2.11. The lowest BCUT2D eigenvalue weighted by Crippen LogP contribution is -2.12.